The molecule has 0 radical (unpaired) electrons. The zero-order valence-corrected chi connectivity index (χ0v) is 8.56. The predicted octanol–water partition coefficient (Wildman–Crippen LogP) is 1.15. The van der Waals surface area contributed by atoms with Crippen LogP contribution in [0.2, 0.25) is 0 Å². The van der Waals surface area contributed by atoms with Gasteiger partial charge in [0.05, 0.1) is 6.54 Å². The fourth-order valence-corrected chi connectivity index (χ4v) is 1.39. The molecule has 0 saturated carbocycles. The summed E-state index contributed by atoms with van der Waals surface area (Å²) in [7, 11) is 0. The van der Waals surface area contributed by atoms with Crippen LogP contribution >= 0.6 is 11.8 Å². The van der Waals surface area contributed by atoms with E-state index in [1.165, 1.54) is 0 Å². The van der Waals surface area contributed by atoms with Crippen LogP contribution in [0.4, 0.5) is 0 Å². The Morgan fingerprint density at radius 1 is 1.58 bits per heavy atom. The lowest BCUT2D eigenvalue weighted by molar-refractivity contribution is -0.138. The van der Waals surface area contributed by atoms with Gasteiger partial charge in [-0.3, -0.25) is 9.69 Å². The topological polar surface area (TPSA) is 40.5 Å². The largest absolute Gasteiger partial charge is 0.480 e. The van der Waals surface area contributed by atoms with Crippen molar-refractivity contribution in [2.75, 3.05) is 31.6 Å². The second-order valence-corrected chi connectivity index (χ2v) is 3.59. The molecule has 0 aromatic carbocycles. The van der Waals surface area contributed by atoms with E-state index in [1.54, 1.807) is 11.8 Å². The lowest BCUT2D eigenvalue weighted by Crippen LogP contribution is -2.30. The van der Waals surface area contributed by atoms with Crippen molar-refractivity contribution < 1.29 is 9.90 Å². The minimum Gasteiger partial charge on any atom is -0.480 e. The number of carboxylic acid groups (broad SMARTS) is 1. The molecule has 0 saturated heterocycles. The van der Waals surface area contributed by atoms with Crippen molar-refractivity contribution in [1.82, 2.24) is 4.90 Å². The molecule has 0 rings (SSSR count). The van der Waals surface area contributed by atoms with E-state index in [4.69, 9.17) is 5.11 Å². The number of thioether (sulfide) groups is 1. The first-order valence-electron chi connectivity index (χ1n) is 4.13. The number of carbonyl (C=O) groups is 1. The summed E-state index contributed by atoms with van der Waals surface area (Å²) in [5, 5.41) is 8.52. The molecule has 12 heavy (non-hydrogen) atoms. The van der Waals surface area contributed by atoms with Crippen LogP contribution in [0.25, 0.3) is 0 Å². The van der Waals surface area contributed by atoms with Gasteiger partial charge in [-0.2, -0.15) is 11.8 Å². The molecule has 0 spiro atoms. The van der Waals surface area contributed by atoms with Gasteiger partial charge in [-0.05, 0) is 31.5 Å². The van der Waals surface area contributed by atoms with E-state index in [2.05, 4.69) is 6.26 Å². The van der Waals surface area contributed by atoms with E-state index in [0.29, 0.717) is 0 Å². The van der Waals surface area contributed by atoms with Crippen LogP contribution < -0.4 is 0 Å². The Labute approximate surface area is 78.1 Å². The van der Waals surface area contributed by atoms with Crippen LogP contribution in [-0.2, 0) is 4.79 Å². The molecule has 0 aliphatic rings. The molecule has 0 heterocycles. The smallest absolute Gasteiger partial charge is 0.317 e. The molecule has 1 N–H and O–H groups in total. The SMILES string of the molecule is CCN(CCCSC)CC(=O)O. The second kappa shape index (κ2) is 7.43. The van der Waals surface area contributed by atoms with E-state index >= 15 is 0 Å². The molecule has 0 aromatic rings. The summed E-state index contributed by atoms with van der Waals surface area (Å²) in [6.45, 7) is 3.87. The molecular weight excluding hydrogens is 174 g/mol. The number of carboxylic acids is 1. The molecule has 0 amide bonds. The minimum absolute atomic E-state index is 0.172. The Morgan fingerprint density at radius 3 is 2.67 bits per heavy atom. The fourth-order valence-electron chi connectivity index (χ4n) is 0.973. The lowest BCUT2D eigenvalue weighted by Gasteiger charge is -2.16. The zero-order valence-electron chi connectivity index (χ0n) is 7.75. The van der Waals surface area contributed by atoms with Gasteiger partial charge in [0.2, 0.25) is 0 Å². The van der Waals surface area contributed by atoms with Crippen LogP contribution in [0, 0.1) is 0 Å². The standard InChI is InChI=1S/C8H17NO2S/c1-3-9(7-8(10)11)5-4-6-12-2/h3-7H2,1-2H3,(H,10,11). The van der Waals surface area contributed by atoms with Gasteiger partial charge in [0, 0.05) is 0 Å². The molecule has 0 fully saturated rings. The first-order valence-corrected chi connectivity index (χ1v) is 5.53. The Bertz CT molecular complexity index is 130. The molecule has 72 valence electrons. The van der Waals surface area contributed by atoms with Gasteiger partial charge in [0.1, 0.15) is 0 Å². The van der Waals surface area contributed by atoms with Crippen molar-refractivity contribution >= 4 is 17.7 Å². The first-order chi connectivity index (χ1) is 5.70. The van der Waals surface area contributed by atoms with Gasteiger partial charge in [0.15, 0.2) is 0 Å². The highest BCUT2D eigenvalue weighted by Gasteiger charge is 2.05. The summed E-state index contributed by atoms with van der Waals surface area (Å²) in [5.74, 6) is 0.372. The number of nitrogens with zero attached hydrogens (tertiary/aromatic N) is 1. The number of hydrogen-bond acceptors (Lipinski definition) is 3. The average molecular weight is 191 g/mol. The minimum atomic E-state index is -0.735. The van der Waals surface area contributed by atoms with Crippen molar-refractivity contribution in [3.8, 4) is 0 Å². The third kappa shape index (κ3) is 6.49. The third-order valence-electron chi connectivity index (χ3n) is 1.63. The summed E-state index contributed by atoms with van der Waals surface area (Å²) < 4.78 is 0. The molecule has 4 heteroatoms. The van der Waals surface area contributed by atoms with E-state index in [1.807, 2.05) is 11.8 Å². The molecule has 0 aliphatic carbocycles. The Balaban J connectivity index is 3.46. The highest BCUT2D eigenvalue weighted by atomic mass is 32.2. The number of rotatable bonds is 7. The van der Waals surface area contributed by atoms with Crippen molar-refractivity contribution in [2.24, 2.45) is 0 Å². The third-order valence-corrected chi connectivity index (χ3v) is 2.33. The maximum absolute atomic E-state index is 10.4. The molecule has 0 atom stereocenters. The summed E-state index contributed by atoms with van der Waals surface area (Å²) in [4.78, 5) is 12.3. The van der Waals surface area contributed by atoms with Crippen molar-refractivity contribution in [3.05, 3.63) is 0 Å². The van der Waals surface area contributed by atoms with E-state index in [-0.39, 0.29) is 6.54 Å². The van der Waals surface area contributed by atoms with Crippen LogP contribution in [0.1, 0.15) is 13.3 Å². The molecule has 3 nitrogen and oxygen atoms in total. The molecule has 0 aromatic heterocycles. The molecule has 0 unspecified atom stereocenters. The fraction of sp³-hybridized carbons (Fsp3) is 0.875. The number of likely N-dealkylation sites (N-methyl/N-ethyl adjacent to an activating group) is 1. The lowest BCUT2D eigenvalue weighted by atomic mass is 10.4. The van der Waals surface area contributed by atoms with Crippen LogP contribution in [0.15, 0.2) is 0 Å². The summed E-state index contributed by atoms with van der Waals surface area (Å²) in [5.41, 5.74) is 0. The van der Waals surface area contributed by atoms with Crippen molar-refractivity contribution in [3.63, 3.8) is 0 Å². The van der Waals surface area contributed by atoms with Gasteiger partial charge < -0.3 is 5.11 Å². The van der Waals surface area contributed by atoms with Crippen LogP contribution in [0.5, 0.6) is 0 Å². The molecule has 0 aliphatic heterocycles. The van der Waals surface area contributed by atoms with Gasteiger partial charge >= 0.3 is 5.97 Å². The highest BCUT2D eigenvalue weighted by Crippen LogP contribution is 1.98. The number of aliphatic carboxylic acids is 1. The molecular formula is C8H17NO2S. The van der Waals surface area contributed by atoms with Gasteiger partial charge in [-0.15, -0.1) is 0 Å². The summed E-state index contributed by atoms with van der Waals surface area (Å²) in [6.07, 6.45) is 3.13. The first kappa shape index (κ1) is 11.8. The monoisotopic (exact) mass is 191 g/mol. The Morgan fingerprint density at radius 2 is 2.25 bits per heavy atom. The van der Waals surface area contributed by atoms with Crippen molar-refractivity contribution in [1.29, 1.82) is 0 Å². The normalized spacial score (nSPS) is 10.6. The van der Waals surface area contributed by atoms with Gasteiger partial charge in [0.25, 0.3) is 0 Å². The van der Waals surface area contributed by atoms with Gasteiger partial charge in [-0.25, -0.2) is 0 Å². The zero-order chi connectivity index (χ0) is 9.40. The van der Waals surface area contributed by atoms with E-state index < -0.39 is 5.97 Å². The van der Waals surface area contributed by atoms with E-state index in [0.717, 1.165) is 25.3 Å². The van der Waals surface area contributed by atoms with Gasteiger partial charge in [-0.1, -0.05) is 6.92 Å². The maximum Gasteiger partial charge on any atom is 0.317 e. The number of hydrogen-bond donors (Lipinski definition) is 1. The Hall–Kier alpha value is -0.220. The van der Waals surface area contributed by atoms with Crippen molar-refractivity contribution in [2.45, 2.75) is 13.3 Å². The quantitative estimate of drug-likeness (QED) is 0.613. The molecule has 0 bridgehead atoms. The Kier molecular flexibility index (Phi) is 7.29. The van der Waals surface area contributed by atoms with Crippen LogP contribution in [-0.4, -0.2) is 47.6 Å². The summed E-state index contributed by atoms with van der Waals surface area (Å²) in [6, 6.07) is 0. The van der Waals surface area contributed by atoms with Crippen LogP contribution in [0.3, 0.4) is 0 Å². The predicted molar refractivity (Wildman–Crippen MR) is 52.7 cm³/mol. The highest BCUT2D eigenvalue weighted by molar-refractivity contribution is 7.98. The maximum atomic E-state index is 10.4. The second-order valence-electron chi connectivity index (χ2n) is 2.61. The average Bonchev–Trinajstić information content (AvgIpc) is 2.02. The summed E-state index contributed by atoms with van der Waals surface area (Å²) >= 11 is 1.80. The van der Waals surface area contributed by atoms with E-state index in [9.17, 15) is 4.79 Å².